The number of amides is 1. The number of hydrogen-bond donors (Lipinski definition) is 1. The highest BCUT2D eigenvalue weighted by molar-refractivity contribution is 7.13. The van der Waals surface area contributed by atoms with Crippen LogP contribution in [0.25, 0.3) is 21.5 Å². The van der Waals surface area contributed by atoms with Crippen molar-refractivity contribution in [2.75, 3.05) is 7.11 Å². The van der Waals surface area contributed by atoms with Crippen LogP contribution in [-0.4, -0.2) is 27.6 Å². The molecule has 0 radical (unpaired) electrons. The summed E-state index contributed by atoms with van der Waals surface area (Å²) in [6.45, 7) is 0. The molecule has 6 nitrogen and oxygen atoms in total. The average molecular weight is 455 g/mol. The fourth-order valence-electron chi connectivity index (χ4n) is 3.87. The summed E-state index contributed by atoms with van der Waals surface area (Å²) in [6.07, 6.45) is 3.60. The van der Waals surface area contributed by atoms with Crippen molar-refractivity contribution in [3.05, 3.63) is 101 Å². The predicted octanol–water partition coefficient (Wildman–Crippen LogP) is 5.22. The number of para-hydroxylation sites is 1. The van der Waals surface area contributed by atoms with Crippen LogP contribution in [0.15, 0.2) is 84.5 Å². The lowest BCUT2D eigenvalue weighted by Gasteiger charge is -2.20. The number of thiophene rings is 1. The van der Waals surface area contributed by atoms with Crippen molar-refractivity contribution < 1.29 is 9.53 Å². The minimum Gasteiger partial charge on any atom is -0.497 e. The largest absolute Gasteiger partial charge is 0.497 e. The van der Waals surface area contributed by atoms with Gasteiger partial charge in [0.1, 0.15) is 17.6 Å². The second-order valence-corrected chi connectivity index (χ2v) is 8.57. The van der Waals surface area contributed by atoms with Gasteiger partial charge in [-0.05, 0) is 41.3 Å². The number of imidazole rings is 1. The van der Waals surface area contributed by atoms with E-state index in [-0.39, 0.29) is 5.91 Å². The molecule has 3 heterocycles. The maximum atomic E-state index is 13.7. The molecule has 0 fully saturated rings. The van der Waals surface area contributed by atoms with Gasteiger partial charge in [0, 0.05) is 24.8 Å². The molecule has 0 saturated heterocycles. The average Bonchev–Trinajstić information content (AvgIpc) is 3.54. The first-order chi connectivity index (χ1) is 16.1. The van der Waals surface area contributed by atoms with Crippen LogP contribution in [-0.2, 0) is 7.05 Å². The zero-order valence-corrected chi connectivity index (χ0v) is 19.0. The first-order valence-corrected chi connectivity index (χ1v) is 11.4. The summed E-state index contributed by atoms with van der Waals surface area (Å²) in [6, 6.07) is 20.8. The monoisotopic (exact) mass is 454 g/mol. The molecule has 3 aromatic heterocycles. The molecule has 0 aliphatic rings. The Balaban J connectivity index is 1.58. The lowest BCUT2D eigenvalue weighted by Crippen LogP contribution is -2.31. The van der Waals surface area contributed by atoms with Crippen molar-refractivity contribution in [1.29, 1.82) is 0 Å². The Hall–Kier alpha value is -3.97. The van der Waals surface area contributed by atoms with Crippen LogP contribution in [0.4, 0.5) is 0 Å². The van der Waals surface area contributed by atoms with E-state index in [1.165, 1.54) is 0 Å². The standard InChI is InChI=1S/C26H22N4O2S/c1-30-14-13-27-25(30)24(17-9-11-18(32-2)12-10-17)29-26(31)20-16-22(23-8-5-15-33-23)28-21-7-4-3-6-19(20)21/h3-16,24H,1-2H3,(H,29,31). The number of rotatable bonds is 6. The Morgan fingerprint density at radius 2 is 1.91 bits per heavy atom. The van der Waals surface area contributed by atoms with Gasteiger partial charge in [-0.1, -0.05) is 36.4 Å². The van der Waals surface area contributed by atoms with Crippen molar-refractivity contribution in [1.82, 2.24) is 19.9 Å². The third-order valence-corrected chi connectivity index (χ3v) is 6.47. The fourth-order valence-corrected chi connectivity index (χ4v) is 4.56. The molecule has 0 spiro atoms. The summed E-state index contributed by atoms with van der Waals surface area (Å²) in [5.41, 5.74) is 3.06. The number of pyridine rings is 1. The van der Waals surface area contributed by atoms with Crippen molar-refractivity contribution in [3.8, 4) is 16.3 Å². The Kier molecular flexibility index (Phi) is 5.62. The summed E-state index contributed by atoms with van der Waals surface area (Å²) in [5, 5.41) is 6.02. The molecule has 1 amide bonds. The molecule has 1 atom stereocenters. The highest BCUT2D eigenvalue weighted by Crippen LogP contribution is 2.29. The highest BCUT2D eigenvalue weighted by atomic mass is 32.1. The van der Waals surface area contributed by atoms with E-state index in [2.05, 4.69) is 10.3 Å². The van der Waals surface area contributed by atoms with Gasteiger partial charge >= 0.3 is 0 Å². The zero-order chi connectivity index (χ0) is 22.8. The van der Waals surface area contributed by atoms with Gasteiger partial charge in [-0.2, -0.15) is 0 Å². The molecule has 0 aliphatic carbocycles. The highest BCUT2D eigenvalue weighted by Gasteiger charge is 2.23. The number of nitrogens with one attached hydrogen (secondary N) is 1. The molecule has 33 heavy (non-hydrogen) atoms. The van der Waals surface area contributed by atoms with Crippen LogP contribution >= 0.6 is 11.3 Å². The minimum absolute atomic E-state index is 0.185. The second kappa shape index (κ2) is 8.88. The number of benzene rings is 2. The van der Waals surface area contributed by atoms with Crippen molar-refractivity contribution in [3.63, 3.8) is 0 Å². The Morgan fingerprint density at radius 1 is 1.09 bits per heavy atom. The van der Waals surface area contributed by atoms with Crippen LogP contribution < -0.4 is 10.1 Å². The van der Waals surface area contributed by atoms with E-state index in [0.29, 0.717) is 5.56 Å². The van der Waals surface area contributed by atoms with Gasteiger partial charge in [-0.25, -0.2) is 9.97 Å². The van der Waals surface area contributed by atoms with E-state index < -0.39 is 6.04 Å². The van der Waals surface area contributed by atoms with Gasteiger partial charge in [0.15, 0.2) is 0 Å². The quantitative estimate of drug-likeness (QED) is 0.382. The Labute approximate surface area is 195 Å². The number of ether oxygens (including phenoxy) is 1. The summed E-state index contributed by atoms with van der Waals surface area (Å²) >= 11 is 1.60. The molecular weight excluding hydrogens is 432 g/mol. The number of carbonyl (C=O) groups is 1. The van der Waals surface area contributed by atoms with E-state index >= 15 is 0 Å². The summed E-state index contributed by atoms with van der Waals surface area (Å²) < 4.78 is 7.21. The Morgan fingerprint density at radius 3 is 2.61 bits per heavy atom. The molecule has 5 rings (SSSR count). The molecule has 7 heteroatoms. The molecule has 164 valence electrons. The lowest BCUT2D eigenvalue weighted by molar-refractivity contribution is 0.0943. The first-order valence-electron chi connectivity index (χ1n) is 10.5. The van der Waals surface area contributed by atoms with E-state index in [4.69, 9.17) is 9.72 Å². The van der Waals surface area contributed by atoms with Crippen molar-refractivity contribution >= 4 is 28.1 Å². The summed E-state index contributed by atoms with van der Waals surface area (Å²) in [5.74, 6) is 1.31. The Bertz CT molecular complexity index is 1410. The normalized spacial score (nSPS) is 11.9. The number of aryl methyl sites for hydroxylation is 1. The molecule has 0 bridgehead atoms. The van der Waals surface area contributed by atoms with Gasteiger partial charge < -0.3 is 14.6 Å². The van der Waals surface area contributed by atoms with Crippen molar-refractivity contribution in [2.45, 2.75) is 6.04 Å². The number of hydrogen-bond acceptors (Lipinski definition) is 5. The first kappa shape index (κ1) is 20.9. The van der Waals surface area contributed by atoms with Crippen LogP contribution in [0.3, 0.4) is 0 Å². The maximum Gasteiger partial charge on any atom is 0.252 e. The van der Waals surface area contributed by atoms with Crippen LogP contribution in [0.1, 0.15) is 27.8 Å². The minimum atomic E-state index is -0.430. The third kappa shape index (κ3) is 4.10. The number of methoxy groups -OCH3 is 1. The maximum absolute atomic E-state index is 13.7. The number of fused-ring (bicyclic) bond motifs is 1. The van der Waals surface area contributed by atoms with Crippen LogP contribution in [0.2, 0.25) is 0 Å². The molecule has 0 saturated carbocycles. The summed E-state index contributed by atoms with van der Waals surface area (Å²) in [7, 11) is 3.55. The molecular formula is C26H22N4O2S. The zero-order valence-electron chi connectivity index (χ0n) is 18.2. The van der Waals surface area contributed by atoms with E-state index in [1.807, 2.05) is 89.9 Å². The number of carbonyl (C=O) groups excluding carboxylic acids is 1. The second-order valence-electron chi connectivity index (χ2n) is 7.63. The number of aromatic nitrogens is 3. The summed E-state index contributed by atoms with van der Waals surface area (Å²) in [4.78, 5) is 24.0. The van der Waals surface area contributed by atoms with Gasteiger partial charge in [-0.3, -0.25) is 4.79 Å². The van der Waals surface area contributed by atoms with E-state index in [0.717, 1.165) is 38.6 Å². The van der Waals surface area contributed by atoms with Gasteiger partial charge in [-0.15, -0.1) is 11.3 Å². The van der Waals surface area contributed by atoms with Gasteiger partial charge in [0.25, 0.3) is 5.91 Å². The smallest absolute Gasteiger partial charge is 0.252 e. The van der Waals surface area contributed by atoms with Crippen LogP contribution in [0.5, 0.6) is 5.75 Å². The van der Waals surface area contributed by atoms with Crippen LogP contribution in [0, 0.1) is 0 Å². The van der Waals surface area contributed by atoms with Gasteiger partial charge in [0.2, 0.25) is 0 Å². The number of nitrogens with zero attached hydrogens (tertiary/aromatic N) is 3. The molecule has 2 aromatic carbocycles. The predicted molar refractivity (Wildman–Crippen MR) is 131 cm³/mol. The topological polar surface area (TPSA) is 69.0 Å². The third-order valence-electron chi connectivity index (χ3n) is 5.58. The molecule has 5 aromatic rings. The lowest BCUT2D eigenvalue weighted by atomic mass is 10.0. The van der Waals surface area contributed by atoms with E-state index in [1.54, 1.807) is 24.6 Å². The molecule has 1 N–H and O–H groups in total. The fraction of sp³-hybridized carbons (Fsp3) is 0.115. The van der Waals surface area contributed by atoms with Crippen molar-refractivity contribution in [2.24, 2.45) is 7.05 Å². The van der Waals surface area contributed by atoms with Gasteiger partial charge in [0.05, 0.1) is 28.8 Å². The molecule has 1 unspecified atom stereocenters. The molecule has 0 aliphatic heterocycles. The SMILES string of the molecule is COc1ccc(C(NC(=O)c2cc(-c3cccs3)nc3ccccc23)c2nccn2C)cc1. The van der Waals surface area contributed by atoms with E-state index in [9.17, 15) is 4.79 Å².